The lowest BCUT2D eigenvalue weighted by atomic mass is 10.1. The Labute approximate surface area is 149 Å². The molecule has 6 nitrogen and oxygen atoms in total. The number of hydrogen-bond acceptors (Lipinski definition) is 4. The smallest absolute Gasteiger partial charge is 0.341 e. The number of pyridine rings is 1. The number of aromatic carboxylic acids is 1. The Hall–Kier alpha value is -2.41. The minimum atomic E-state index is -1.27. The molecule has 2 aromatic rings. The van der Waals surface area contributed by atoms with Crippen LogP contribution in [0.2, 0.25) is 0 Å². The summed E-state index contributed by atoms with van der Waals surface area (Å²) >= 11 is 0. The van der Waals surface area contributed by atoms with E-state index in [-0.39, 0.29) is 23.0 Å². The normalized spacial score (nSPS) is 25.4. The maximum atomic E-state index is 14.9. The van der Waals surface area contributed by atoms with E-state index in [2.05, 4.69) is 16.8 Å². The zero-order valence-electron chi connectivity index (χ0n) is 14.5. The highest BCUT2D eigenvalue weighted by Crippen LogP contribution is 2.40. The molecule has 1 aromatic heterocycles. The first-order valence-corrected chi connectivity index (χ1v) is 9.02. The Morgan fingerprint density at radius 3 is 2.54 bits per heavy atom. The minimum Gasteiger partial charge on any atom is -0.477 e. The molecule has 0 spiro atoms. The van der Waals surface area contributed by atoms with Gasteiger partial charge in [0.1, 0.15) is 11.4 Å². The van der Waals surface area contributed by atoms with Crippen LogP contribution in [0.4, 0.5) is 10.1 Å². The third kappa shape index (κ3) is 2.19. The summed E-state index contributed by atoms with van der Waals surface area (Å²) in [5, 5.41) is 9.48. The summed E-state index contributed by atoms with van der Waals surface area (Å²) in [4.78, 5) is 28.4. The van der Waals surface area contributed by atoms with Gasteiger partial charge in [-0.25, -0.2) is 9.18 Å². The molecule has 3 fully saturated rings. The number of hydrogen-bond donors (Lipinski definition) is 1. The quantitative estimate of drug-likeness (QED) is 0.911. The van der Waals surface area contributed by atoms with Crippen LogP contribution in [0.25, 0.3) is 10.9 Å². The maximum Gasteiger partial charge on any atom is 0.341 e. The van der Waals surface area contributed by atoms with E-state index in [1.54, 1.807) is 6.07 Å². The number of nitrogens with zero attached hydrogens (tertiary/aromatic N) is 3. The number of fused-ring (bicyclic) bond motifs is 3. The second-order valence-electron chi connectivity index (χ2n) is 7.77. The van der Waals surface area contributed by atoms with E-state index < -0.39 is 17.2 Å². The fourth-order valence-corrected chi connectivity index (χ4v) is 4.55. The maximum absolute atomic E-state index is 14.9. The molecule has 0 radical (unpaired) electrons. The van der Waals surface area contributed by atoms with Gasteiger partial charge in [0.05, 0.1) is 11.2 Å². The second-order valence-corrected chi connectivity index (χ2v) is 7.77. The summed E-state index contributed by atoms with van der Waals surface area (Å²) in [6.45, 7) is 1.69. The van der Waals surface area contributed by atoms with Crippen LogP contribution in [0, 0.1) is 5.82 Å². The van der Waals surface area contributed by atoms with E-state index in [1.165, 1.54) is 12.3 Å². The van der Waals surface area contributed by atoms with E-state index in [1.807, 2.05) is 4.57 Å². The van der Waals surface area contributed by atoms with Crippen molar-refractivity contribution in [2.45, 2.75) is 37.4 Å². The first kappa shape index (κ1) is 15.8. The van der Waals surface area contributed by atoms with E-state index in [0.29, 0.717) is 17.2 Å². The summed E-state index contributed by atoms with van der Waals surface area (Å²) in [5.74, 6) is -1.72. The Balaban J connectivity index is 1.70. The number of piperazine rings is 1. The second kappa shape index (κ2) is 5.30. The number of likely N-dealkylation sites (N-methyl/N-ethyl adjacent to an activating group) is 1. The fourth-order valence-electron chi connectivity index (χ4n) is 4.55. The Kier molecular flexibility index (Phi) is 3.22. The first-order valence-electron chi connectivity index (χ1n) is 9.02. The number of anilines is 1. The molecule has 2 bridgehead atoms. The van der Waals surface area contributed by atoms with Crippen LogP contribution in [0.5, 0.6) is 0 Å². The summed E-state index contributed by atoms with van der Waals surface area (Å²) in [6.07, 6.45) is 4.35. The first-order chi connectivity index (χ1) is 12.4. The van der Waals surface area contributed by atoms with Gasteiger partial charge in [-0.3, -0.25) is 9.69 Å². The zero-order valence-corrected chi connectivity index (χ0v) is 14.5. The van der Waals surface area contributed by atoms with Gasteiger partial charge in [0.25, 0.3) is 0 Å². The average molecular weight is 357 g/mol. The molecule has 2 saturated heterocycles. The zero-order chi connectivity index (χ0) is 18.2. The van der Waals surface area contributed by atoms with E-state index in [4.69, 9.17) is 0 Å². The van der Waals surface area contributed by atoms with Crippen LogP contribution >= 0.6 is 0 Å². The molecular weight excluding hydrogens is 337 g/mol. The Bertz CT molecular complexity index is 996. The molecule has 2 aliphatic heterocycles. The van der Waals surface area contributed by atoms with Crippen LogP contribution in [-0.4, -0.2) is 52.8 Å². The predicted molar refractivity (Wildman–Crippen MR) is 95.6 cm³/mol. The van der Waals surface area contributed by atoms with Gasteiger partial charge in [0.2, 0.25) is 5.43 Å². The van der Waals surface area contributed by atoms with E-state index >= 15 is 0 Å². The number of aromatic nitrogens is 1. The van der Waals surface area contributed by atoms with E-state index in [9.17, 15) is 19.1 Å². The standard InChI is InChI=1S/C19H20FN3O3/c1-21-7-12-4-11(21)8-22(12)17-6-16-13(5-15(17)20)18(24)14(19(25)26)9-23(16)10-2-3-10/h5-6,9-12H,2-4,7-8H2,1H3,(H,25,26)/t11-,12-/m1/s1. The molecule has 136 valence electrons. The van der Waals surface area contributed by atoms with Crippen LogP contribution < -0.4 is 10.3 Å². The average Bonchev–Trinajstić information content (AvgIpc) is 3.26. The number of likely N-dealkylation sites (tertiary alicyclic amines) is 1. The topological polar surface area (TPSA) is 65.8 Å². The third-order valence-corrected chi connectivity index (χ3v) is 6.10. The Morgan fingerprint density at radius 2 is 1.96 bits per heavy atom. The van der Waals surface area contributed by atoms with Crippen molar-refractivity contribution >= 4 is 22.6 Å². The van der Waals surface area contributed by atoms with Crippen LogP contribution in [0.1, 0.15) is 35.7 Å². The summed E-state index contributed by atoms with van der Waals surface area (Å²) < 4.78 is 16.8. The highest BCUT2D eigenvalue weighted by atomic mass is 19.1. The van der Waals surface area contributed by atoms with Crippen molar-refractivity contribution in [3.8, 4) is 0 Å². The molecule has 0 unspecified atom stereocenters. The van der Waals surface area contributed by atoms with Crippen molar-refractivity contribution in [1.29, 1.82) is 0 Å². The van der Waals surface area contributed by atoms with Gasteiger partial charge in [-0.05, 0) is 38.4 Å². The number of carbonyl (C=O) groups is 1. The molecule has 1 saturated carbocycles. The molecule has 5 rings (SSSR count). The predicted octanol–water partition coefficient (Wildman–Crippen LogP) is 2.07. The van der Waals surface area contributed by atoms with Crippen molar-refractivity contribution < 1.29 is 14.3 Å². The lowest BCUT2D eigenvalue weighted by Crippen LogP contribution is -2.44. The van der Waals surface area contributed by atoms with Gasteiger partial charge in [-0.1, -0.05) is 0 Å². The van der Waals surface area contributed by atoms with Crippen LogP contribution in [0.3, 0.4) is 0 Å². The number of benzene rings is 1. The van der Waals surface area contributed by atoms with Crippen molar-refractivity contribution in [3.05, 3.63) is 39.9 Å². The van der Waals surface area contributed by atoms with Gasteiger partial charge in [0.15, 0.2) is 0 Å². The van der Waals surface area contributed by atoms with Crippen LogP contribution in [-0.2, 0) is 0 Å². The molecule has 3 heterocycles. The molecule has 3 aliphatic rings. The molecule has 0 amide bonds. The Morgan fingerprint density at radius 1 is 1.19 bits per heavy atom. The highest BCUT2D eigenvalue weighted by molar-refractivity contribution is 5.93. The van der Waals surface area contributed by atoms with Crippen molar-refractivity contribution in [1.82, 2.24) is 9.47 Å². The summed E-state index contributed by atoms with van der Waals surface area (Å²) in [5.41, 5.74) is 0.251. The summed E-state index contributed by atoms with van der Waals surface area (Å²) in [6, 6.07) is 3.90. The molecule has 7 heteroatoms. The van der Waals surface area contributed by atoms with Gasteiger partial charge in [0, 0.05) is 42.8 Å². The van der Waals surface area contributed by atoms with Crippen molar-refractivity contribution in [2.24, 2.45) is 0 Å². The number of rotatable bonds is 3. The molecule has 1 aromatic carbocycles. The molecular formula is C19H20FN3O3. The van der Waals surface area contributed by atoms with Crippen molar-refractivity contribution in [2.75, 3.05) is 25.0 Å². The molecule has 2 atom stereocenters. The van der Waals surface area contributed by atoms with Crippen LogP contribution in [0.15, 0.2) is 23.1 Å². The third-order valence-electron chi connectivity index (χ3n) is 6.10. The highest BCUT2D eigenvalue weighted by Gasteiger charge is 2.42. The minimum absolute atomic E-state index is 0.152. The number of carboxylic acid groups (broad SMARTS) is 1. The van der Waals surface area contributed by atoms with Crippen molar-refractivity contribution in [3.63, 3.8) is 0 Å². The molecule has 1 N–H and O–H groups in total. The summed E-state index contributed by atoms with van der Waals surface area (Å²) in [7, 11) is 2.09. The largest absolute Gasteiger partial charge is 0.477 e. The lowest BCUT2D eigenvalue weighted by Gasteiger charge is -2.34. The number of halogens is 1. The molecule has 1 aliphatic carbocycles. The van der Waals surface area contributed by atoms with Gasteiger partial charge in [-0.15, -0.1) is 0 Å². The lowest BCUT2D eigenvalue weighted by molar-refractivity contribution is 0.0695. The van der Waals surface area contributed by atoms with Gasteiger partial charge >= 0.3 is 5.97 Å². The SMILES string of the molecule is CN1C[C@H]2C[C@@H]1CN2c1cc2c(cc1F)c(=O)c(C(=O)O)cn2C1CC1. The van der Waals surface area contributed by atoms with E-state index in [0.717, 1.165) is 32.4 Å². The number of carboxylic acids is 1. The van der Waals surface area contributed by atoms with Gasteiger partial charge < -0.3 is 14.6 Å². The fraction of sp³-hybridized carbons (Fsp3) is 0.474. The monoisotopic (exact) mass is 357 g/mol. The van der Waals surface area contributed by atoms with Gasteiger partial charge in [-0.2, -0.15) is 0 Å². The molecule has 26 heavy (non-hydrogen) atoms.